The number of carboxylic acids is 1. The van der Waals surface area contributed by atoms with Gasteiger partial charge in [0.2, 0.25) is 5.91 Å². The fourth-order valence-corrected chi connectivity index (χ4v) is 3.47. The Balaban J connectivity index is 0.000000451. The molecule has 12 heteroatoms. The zero-order valence-corrected chi connectivity index (χ0v) is 18.3. The molecule has 2 amide bonds. The number of likely N-dealkylation sites (tertiary alicyclic amines) is 1. The number of amides is 2. The van der Waals surface area contributed by atoms with Crippen LogP contribution in [0.15, 0.2) is 16.7 Å². The van der Waals surface area contributed by atoms with Crippen molar-refractivity contribution in [1.29, 1.82) is 0 Å². The van der Waals surface area contributed by atoms with E-state index >= 15 is 0 Å². The minimum absolute atomic E-state index is 0.0530. The van der Waals surface area contributed by atoms with E-state index in [0.29, 0.717) is 31.9 Å². The summed E-state index contributed by atoms with van der Waals surface area (Å²) in [6, 6.07) is 1.80. The summed E-state index contributed by atoms with van der Waals surface area (Å²) in [4.78, 5) is 39.4. The average molecular weight is 463 g/mol. The minimum Gasteiger partial charge on any atom is -0.475 e. The molecule has 32 heavy (non-hydrogen) atoms. The van der Waals surface area contributed by atoms with Crippen LogP contribution >= 0.6 is 0 Å². The molecule has 2 saturated heterocycles. The Morgan fingerprint density at radius 3 is 2.31 bits per heavy atom. The number of ether oxygens (including phenoxy) is 1. The van der Waals surface area contributed by atoms with Crippen LogP contribution in [-0.2, 0) is 14.3 Å². The van der Waals surface area contributed by atoms with Crippen LogP contribution in [0.3, 0.4) is 0 Å². The number of aryl methyl sites for hydroxylation is 1. The molecule has 0 atom stereocenters. The van der Waals surface area contributed by atoms with Crippen molar-refractivity contribution in [1.82, 2.24) is 14.7 Å². The first-order chi connectivity index (χ1) is 14.8. The summed E-state index contributed by atoms with van der Waals surface area (Å²) in [6.07, 6.45) is -2.05. The number of hydrogen-bond acceptors (Lipinski definition) is 6. The molecule has 0 aliphatic carbocycles. The van der Waals surface area contributed by atoms with Gasteiger partial charge in [-0.05, 0) is 39.9 Å². The van der Waals surface area contributed by atoms with Crippen LogP contribution in [0.1, 0.15) is 29.0 Å². The SMILES string of the molecule is Cc1ccoc1C(=O)N1CCC2(CC1)CN(CCN(C)C)C(=O)CO2.O=C(O)C(F)(F)F. The van der Waals surface area contributed by atoms with Crippen molar-refractivity contribution in [3.05, 3.63) is 23.7 Å². The topological polar surface area (TPSA) is 104 Å². The highest BCUT2D eigenvalue weighted by Gasteiger charge is 2.43. The molecule has 0 saturated carbocycles. The fourth-order valence-electron chi connectivity index (χ4n) is 3.47. The number of carbonyl (C=O) groups is 3. The molecular formula is C20H28F3N3O6. The summed E-state index contributed by atoms with van der Waals surface area (Å²) in [6.45, 7) is 5.42. The van der Waals surface area contributed by atoms with Gasteiger partial charge in [0.25, 0.3) is 5.91 Å². The summed E-state index contributed by atoms with van der Waals surface area (Å²) >= 11 is 0. The van der Waals surface area contributed by atoms with Crippen molar-refractivity contribution in [3.63, 3.8) is 0 Å². The molecule has 1 aromatic rings. The number of nitrogens with zero attached hydrogens (tertiary/aromatic N) is 3. The number of morpholine rings is 1. The van der Waals surface area contributed by atoms with Crippen LogP contribution in [0.25, 0.3) is 0 Å². The first-order valence-corrected chi connectivity index (χ1v) is 10.0. The molecule has 0 unspecified atom stereocenters. The quantitative estimate of drug-likeness (QED) is 0.724. The maximum atomic E-state index is 12.6. The maximum absolute atomic E-state index is 12.6. The number of halogens is 3. The van der Waals surface area contributed by atoms with Crippen LogP contribution in [0, 0.1) is 6.92 Å². The number of hydrogen-bond donors (Lipinski definition) is 1. The Morgan fingerprint density at radius 2 is 1.84 bits per heavy atom. The summed E-state index contributed by atoms with van der Waals surface area (Å²) in [5.74, 6) is -2.35. The molecule has 0 aromatic carbocycles. The van der Waals surface area contributed by atoms with Crippen LogP contribution in [0.4, 0.5) is 13.2 Å². The van der Waals surface area contributed by atoms with E-state index in [1.54, 1.807) is 12.3 Å². The van der Waals surface area contributed by atoms with Crippen LogP contribution < -0.4 is 0 Å². The average Bonchev–Trinajstić information content (AvgIpc) is 3.14. The van der Waals surface area contributed by atoms with Crippen molar-refractivity contribution in [2.75, 3.05) is 53.4 Å². The van der Waals surface area contributed by atoms with E-state index in [1.807, 2.05) is 30.8 Å². The summed E-state index contributed by atoms with van der Waals surface area (Å²) < 4.78 is 43.0. The molecule has 180 valence electrons. The van der Waals surface area contributed by atoms with E-state index in [9.17, 15) is 22.8 Å². The minimum atomic E-state index is -5.08. The number of aliphatic carboxylic acids is 1. The third kappa shape index (κ3) is 6.70. The molecule has 1 N–H and O–H groups in total. The van der Waals surface area contributed by atoms with Crippen LogP contribution in [-0.4, -0.2) is 103 Å². The van der Waals surface area contributed by atoms with E-state index in [1.165, 1.54) is 0 Å². The predicted octanol–water partition coefficient (Wildman–Crippen LogP) is 1.62. The van der Waals surface area contributed by atoms with Crippen molar-refractivity contribution in [3.8, 4) is 0 Å². The molecule has 3 rings (SSSR count). The van der Waals surface area contributed by atoms with Crippen LogP contribution in [0.5, 0.6) is 0 Å². The molecule has 9 nitrogen and oxygen atoms in total. The number of carbonyl (C=O) groups excluding carboxylic acids is 2. The smallest absolute Gasteiger partial charge is 0.475 e. The Bertz CT molecular complexity index is 816. The highest BCUT2D eigenvalue weighted by atomic mass is 19.4. The zero-order chi connectivity index (χ0) is 24.1. The Morgan fingerprint density at radius 1 is 1.25 bits per heavy atom. The number of carboxylic acid groups (broad SMARTS) is 1. The first kappa shape index (κ1) is 25.7. The second-order valence-electron chi connectivity index (χ2n) is 8.12. The molecule has 0 bridgehead atoms. The molecule has 1 spiro atoms. The number of piperidine rings is 1. The zero-order valence-electron chi connectivity index (χ0n) is 18.3. The summed E-state index contributed by atoms with van der Waals surface area (Å²) in [5.41, 5.74) is 0.537. The van der Waals surface area contributed by atoms with Gasteiger partial charge in [-0.25, -0.2) is 4.79 Å². The molecule has 2 fully saturated rings. The number of alkyl halides is 3. The Hall–Kier alpha value is -2.60. The van der Waals surface area contributed by atoms with Gasteiger partial charge in [-0.2, -0.15) is 13.2 Å². The number of rotatable bonds is 4. The lowest BCUT2D eigenvalue weighted by atomic mass is 9.89. The second-order valence-corrected chi connectivity index (χ2v) is 8.12. The second kappa shape index (κ2) is 10.3. The van der Waals surface area contributed by atoms with Gasteiger partial charge in [-0.1, -0.05) is 0 Å². The molecule has 2 aliphatic heterocycles. The molecule has 0 radical (unpaired) electrons. The Labute approximate surface area is 183 Å². The molecular weight excluding hydrogens is 435 g/mol. The van der Waals surface area contributed by atoms with E-state index in [4.69, 9.17) is 19.1 Å². The lowest BCUT2D eigenvalue weighted by molar-refractivity contribution is -0.192. The van der Waals surface area contributed by atoms with Crippen LogP contribution in [0.2, 0.25) is 0 Å². The van der Waals surface area contributed by atoms with Crippen molar-refractivity contribution in [2.24, 2.45) is 0 Å². The summed E-state index contributed by atoms with van der Waals surface area (Å²) in [7, 11) is 4.00. The third-order valence-electron chi connectivity index (χ3n) is 5.41. The van der Waals surface area contributed by atoms with E-state index in [0.717, 1.165) is 24.9 Å². The number of furan rings is 1. The standard InChI is InChI=1S/C18H27N3O4.C2HF3O2/c1-14-4-11-24-16(14)17(23)20-7-5-18(6-8-20)13-21(10-9-19(2)3)15(22)12-25-18;3-2(4,5)1(6)7/h4,11H,5-10,12-13H2,1-3H3;(H,6,7). The van der Waals surface area contributed by atoms with Gasteiger partial charge in [0.15, 0.2) is 5.76 Å². The van der Waals surface area contributed by atoms with Gasteiger partial charge in [0.05, 0.1) is 11.9 Å². The highest BCUT2D eigenvalue weighted by molar-refractivity contribution is 5.92. The highest BCUT2D eigenvalue weighted by Crippen LogP contribution is 2.31. The third-order valence-corrected chi connectivity index (χ3v) is 5.41. The normalized spacial score (nSPS) is 18.5. The summed E-state index contributed by atoms with van der Waals surface area (Å²) in [5, 5.41) is 7.12. The lowest BCUT2D eigenvalue weighted by Gasteiger charge is -2.47. The molecule has 2 aliphatic rings. The largest absolute Gasteiger partial charge is 0.490 e. The lowest BCUT2D eigenvalue weighted by Crippen LogP contribution is -2.59. The molecule has 1 aromatic heterocycles. The fraction of sp³-hybridized carbons (Fsp3) is 0.650. The van der Waals surface area contributed by atoms with Gasteiger partial charge in [0.1, 0.15) is 6.61 Å². The van der Waals surface area contributed by atoms with Crippen molar-refractivity contribution in [2.45, 2.75) is 31.5 Å². The van der Waals surface area contributed by atoms with Gasteiger partial charge in [-0.15, -0.1) is 0 Å². The van der Waals surface area contributed by atoms with Crippen molar-refractivity contribution >= 4 is 17.8 Å². The first-order valence-electron chi connectivity index (χ1n) is 10.0. The maximum Gasteiger partial charge on any atom is 0.490 e. The van der Waals surface area contributed by atoms with E-state index < -0.39 is 12.1 Å². The van der Waals surface area contributed by atoms with Crippen molar-refractivity contribution < 1.29 is 41.8 Å². The molecule has 3 heterocycles. The number of likely N-dealkylation sites (N-methyl/N-ethyl adjacent to an activating group) is 1. The van der Waals surface area contributed by atoms with Gasteiger partial charge >= 0.3 is 12.1 Å². The monoisotopic (exact) mass is 463 g/mol. The van der Waals surface area contributed by atoms with E-state index in [2.05, 4.69) is 4.90 Å². The van der Waals surface area contributed by atoms with Gasteiger partial charge in [0, 0.05) is 38.3 Å². The Kier molecular flexibility index (Phi) is 8.29. The van der Waals surface area contributed by atoms with E-state index in [-0.39, 0.29) is 24.0 Å². The van der Waals surface area contributed by atoms with Gasteiger partial charge in [-0.3, -0.25) is 9.59 Å². The van der Waals surface area contributed by atoms with Gasteiger partial charge < -0.3 is 29.0 Å². The predicted molar refractivity (Wildman–Crippen MR) is 106 cm³/mol.